The maximum absolute atomic E-state index is 12.0. The Labute approximate surface area is 132 Å². The van der Waals surface area contributed by atoms with Crippen molar-refractivity contribution in [2.75, 3.05) is 19.8 Å². The van der Waals surface area contributed by atoms with Crippen LogP contribution in [-0.2, 0) is 0 Å². The Morgan fingerprint density at radius 1 is 1.24 bits per heavy atom. The first kappa shape index (κ1) is 19.5. The van der Waals surface area contributed by atoms with Crippen LogP contribution in [0.25, 0.3) is 0 Å². The van der Waals surface area contributed by atoms with Gasteiger partial charge in [-0.15, -0.1) is 12.4 Å². The lowest BCUT2D eigenvalue weighted by Gasteiger charge is -2.12. The zero-order chi connectivity index (χ0) is 15.0. The van der Waals surface area contributed by atoms with Gasteiger partial charge in [-0.1, -0.05) is 0 Å². The van der Waals surface area contributed by atoms with Gasteiger partial charge < -0.3 is 20.5 Å². The van der Waals surface area contributed by atoms with Crippen molar-refractivity contribution in [3.63, 3.8) is 0 Å². The monoisotopic (exact) mass is 316 g/mol. The SMILES string of the molecule is CCOc1ccc(C(=O)NCCC(C)N)cc1OCC.Cl. The van der Waals surface area contributed by atoms with E-state index in [0.717, 1.165) is 6.42 Å². The van der Waals surface area contributed by atoms with Gasteiger partial charge in [0.25, 0.3) is 5.91 Å². The van der Waals surface area contributed by atoms with Crippen LogP contribution < -0.4 is 20.5 Å². The Morgan fingerprint density at radius 3 is 2.43 bits per heavy atom. The fourth-order valence-corrected chi connectivity index (χ4v) is 1.71. The van der Waals surface area contributed by atoms with E-state index < -0.39 is 0 Å². The minimum absolute atomic E-state index is 0. The van der Waals surface area contributed by atoms with Crippen molar-refractivity contribution in [1.29, 1.82) is 0 Å². The van der Waals surface area contributed by atoms with Gasteiger partial charge in [0.1, 0.15) is 0 Å². The molecule has 1 rings (SSSR count). The van der Waals surface area contributed by atoms with E-state index in [0.29, 0.717) is 36.8 Å². The summed E-state index contributed by atoms with van der Waals surface area (Å²) in [6.07, 6.45) is 0.751. The molecule has 0 bridgehead atoms. The Hall–Kier alpha value is -1.46. The number of nitrogens with two attached hydrogens (primary N) is 1. The number of rotatable bonds is 8. The predicted molar refractivity (Wildman–Crippen MR) is 86.6 cm³/mol. The van der Waals surface area contributed by atoms with Crippen LogP contribution >= 0.6 is 12.4 Å². The minimum Gasteiger partial charge on any atom is -0.490 e. The third-order valence-corrected chi connectivity index (χ3v) is 2.69. The van der Waals surface area contributed by atoms with Crippen molar-refractivity contribution >= 4 is 18.3 Å². The zero-order valence-electron chi connectivity index (χ0n) is 12.8. The lowest BCUT2D eigenvalue weighted by Crippen LogP contribution is -2.28. The quantitative estimate of drug-likeness (QED) is 0.772. The van der Waals surface area contributed by atoms with E-state index in [1.54, 1.807) is 18.2 Å². The molecule has 1 unspecified atom stereocenters. The summed E-state index contributed by atoms with van der Waals surface area (Å²) in [5.74, 6) is 1.12. The van der Waals surface area contributed by atoms with Gasteiger partial charge in [0, 0.05) is 18.2 Å². The number of carbonyl (C=O) groups is 1. The molecule has 3 N–H and O–H groups in total. The number of hydrogen-bond donors (Lipinski definition) is 2. The summed E-state index contributed by atoms with van der Waals surface area (Å²) in [7, 11) is 0. The van der Waals surface area contributed by atoms with Gasteiger partial charge in [-0.2, -0.15) is 0 Å². The summed E-state index contributed by atoms with van der Waals surface area (Å²) in [6.45, 7) is 7.36. The van der Waals surface area contributed by atoms with Crippen LogP contribution in [0, 0.1) is 0 Å². The van der Waals surface area contributed by atoms with Crippen molar-refractivity contribution in [1.82, 2.24) is 5.32 Å². The average Bonchev–Trinajstić information content (AvgIpc) is 2.40. The molecule has 0 saturated heterocycles. The second kappa shape index (κ2) is 10.3. The molecule has 0 heterocycles. The number of ether oxygens (including phenoxy) is 2. The van der Waals surface area contributed by atoms with E-state index in [2.05, 4.69) is 5.32 Å². The molecule has 0 aliphatic carbocycles. The van der Waals surface area contributed by atoms with Crippen molar-refractivity contribution < 1.29 is 14.3 Å². The Bertz CT molecular complexity index is 439. The van der Waals surface area contributed by atoms with E-state index >= 15 is 0 Å². The second-order valence-electron chi connectivity index (χ2n) is 4.55. The predicted octanol–water partition coefficient (Wildman–Crippen LogP) is 2.37. The van der Waals surface area contributed by atoms with E-state index in [4.69, 9.17) is 15.2 Å². The summed E-state index contributed by atoms with van der Waals surface area (Å²) >= 11 is 0. The van der Waals surface area contributed by atoms with E-state index in [9.17, 15) is 4.79 Å². The molecule has 1 aromatic carbocycles. The van der Waals surface area contributed by atoms with Crippen LogP contribution in [0.5, 0.6) is 11.5 Å². The maximum atomic E-state index is 12.0. The highest BCUT2D eigenvalue weighted by molar-refractivity contribution is 5.94. The van der Waals surface area contributed by atoms with Crippen LogP contribution in [0.3, 0.4) is 0 Å². The summed E-state index contributed by atoms with van der Waals surface area (Å²) < 4.78 is 11.0. The molecule has 0 fully saturated rings. The molecule has 0 aliphatic rings. The highest BCUT2D eigenvalue weighted by Crippen LogP contribution is 2.28. The van der Waals surface area contributed by atoms with Crippen molar-refractivity contribution in [3.05, 3.63) is 23.8 Å². The van der Waals surface area contributed by atoms with Crippen molar-refractivity contribution in [3.8, 4) is 11.5 Å². The van der Waals surface area contributed by atoms with Gasteiger partial charge in [0.15, 0.2) is 11.5 Å². The smallest absolute Gasteiger partial charge is 0.251 e. The van der Waals surface area contributed by atoms with Crippen LogP contribution in [0.1, 0.15) is 37.6 Å². The lowest BCUT2D eigenvalue weighted by atomic mass is 10.1. The molecule has 1 amide bonds. The first-order valence-corrected chi connectivity index (χ1v) is 7.01. The van der Waals surface area contributed by atoms with Crippen molar-refractivity contribution in [2.24, 2.45) is 5.73 Å². The first-order chi connectivity index (χ1) is 9.58. The summed E-state index contributed by atoms with van der Waals surface area (Å²) in [5, 5.41) is 2.84. The molecule has 21 heavy (non-hydrogen) atoms. The Balaban J connectivity index is 0.00000400. The van der Waals surface area contributed by atoms with E-state index in [1.165, 1.54) is 0 Å². The maximum Gasteiger partial charge on any atom is 0.251 e. The van der Waals surface area contributed by atoms with E-state index in [1.807, 2.05) is 20.8 Å². The van der Waals surface area contributed by atoms with E-state index in [-0.39, 0.29) is 24.4 Å². The molecular formula is C15H25ClN2O3. The molecule has 0 saturated carbocycles. The summed E-state index contributed by atoms with van der Waals surface area (Å²) in [6, 6.07) is 5.27. The molecule has 1 atom stereocenters. The van der Waals surface area contributed by atoms with Gasteiger partial charge in [-0.25, -0.2) is 0 Å². The highest BCUT2D eigenvalue weighted by Gasteiger charge is 2.11. The second-order valence-corrected chi connectivity index (χ2v) is 4.55. The normalized spacial score (nSPS) is 11.2. The third kappa shape index (κ3) is 6.69. The molecule has 6 heteroatoms. The zero-order valence-corrected chi connectivity index (χ0v) is 13.7. The topological polar surface area (TPSA) is 73.6 Å². The number of amides is 1. The molecular weight excluding hydrogens is 292 g/mol. The summed E-state index contributed by atoms with van der Waals surface area (Å²) in [4.78, 5) is 12.0. The van der Waals surface area contributed by atoms with Gasteiger partial charge in [-0.3, -0.25) is 4.79 Å². The van der Waals surface area contributed by atoms with Crippen LogP contribution in [-0.4, -0.2) is 31.7 Å². The van der Waals surface area contributed by atoms with Crippen molar-refractivity contribution in [2.45, 2.75) is 33.2 Å². The Kier molecular flexibility index (Phi) is 9.58. The largest absolute Gasteiger partial charge is 0.490 e. The average molecular weight is 317 g/mol. The summed E-state index contributed by atoms with van der Waals surface area (Å²) in [5.41, 5.74) is 6.20. The van der Waals surface area contributed by atoms with Gasteiger partial charge in [0.05, 0.1) is 13.2 Å². The standard InChI is InChI=1S/C15H24N2O3.ClH/c1-4-19-13-7-6-12(10-14(13)20-5-2)15(18)17-9-8-11(3)16;/h6-7,10-11H,4-5,8-9,16H2,1-3H3,(H,17,18);1H. The lowest BCUT2D eigenvalue weighted by molar-refractivity contribution is 0.0952. The number of halogens is 1. The number of benzene rings is 1. The van der Waals surface area contributed by atoms with Gasteiger partial charge >= 0.3 is 0 Å². The fraction of sp³-hybridized carbons (Fsp3) is 0.533. The molecule has 5 nitrogen and oxygen atoms in total. The van der Waals surface area contributed by atoms with Gasteiger partial charge in [-0.05, 0) is 45.4 Å². The fourth-order valence-electron chi connectivity index (χ4n) is 1.71. The molecule has 1 aromatic rings. The third-order valence-electron chi connectivity index (χ3n) is 2.69. The minimum atomic E-state index is -0.130. The highest BCUT2D eigenvalue weighted by atomic mass is 35.5. The molecule has 120 valence electrons. The number of carbonyl (C=O) groups excluding carboxylic acids is 1. The molecule has 0 aliphatic heterocycles. The first-order valence-electron chi connectivity index (χ1n) is 7.01. The Morgan fingerprint density at radius 2 is 1.86 bits per heavy atom. The van der Waals surface area contributed by atoms with Crippen LogP contribution in [0.4, 0.5) is 0 Å². The van der Waals surface area contributed by atoms with Crippen LogP contribution in [0.2, 0.25) is 0 Å². The van der Waals surface area contributed by atoms with Crippen LogP contribution in [0.15, 0.2) is 18.2 Å². The number of hydrogen-bond acceptors (Lipinski definition) is 4. The van der Waals surface area contributed by atoms with Gasteiger partial charge in [0.2, 0.25) is 0 Å². The molecule has 0 aromatic heterocycles. The number of nitrogens with one attached hydrogen (secondary N) is 1. The molecule has 0 radical (unpaired) electrons. The molecule has 0 spiro atoms.